The van der Waals surface area contributed by atoms with Gasteiger partial charge in [-0.05, 0) is 13.3 Å². The van der Waals surface area contributed by atoms with Crippen molar-refractivity contribution in [1.82, 2.24) is 0 Å². The lowest BCUT2D eigenvalue weighted by molar-refractivity contribution is -0.144. The summed E-state index contributed by atoms with van der Waals surface area (Å²) >= 11 is 0. The topological polar surface area (TPSA) is 83.5 Å². The van der Waals surface area contributed by atoms with Crippen molar-refractivity contribution < 1.29 is 15.0 Å². The summed E-state index contributed by atoms with van der Waals surface area (Å²) < 4.78 is 0. The van der Waals surface area contributed by atoms with Crippen molar-refractivity contribution in [2.45, 2.75) is 31.9 Å². The highest BCUT2D eigenvalue weighted by atomic mass is 16.4. The molecule has 0 unspecified atom stereocenters. The molecule has 0 rings (SSSR count). The van der Waals surface area contributed by atoms with Gasteiger partial charge in [0.1, 0.15) is 6.04 Å². The van der Waals surface area contributed by atoms with Crippen molar-refractivity contribution in [1.29, 1.82) is 0 Å². The molecule has 0 spiro atoms. The Morgan fingerprint density at radius 3 is 2.30 bits per heavy atom. The maximum absolute atomic E-state index is 10.2. The van der Waals surface area contributed by atoms with Crippen LogP contribution >= 0.6 is 0 Å². The van der Waals surface area contributed by atoms with Crippen LogP contribution in [0, 0.1) is 0 Å². The van der Waals surface area contributed by atoms with Gasteiger partial charge >= 0.3 is 5.97 Å². The number of rotatable bonds is 3. The van der Waals surface area contributed by atoms with E-state index in [4.69, 9.17) is 10.8 Å². The zero-order valence-corrected chi connectivity index (χ0v) is 6.16. The SMILES string of the molecule is CC[C@](C)(O)[C@H](N)C(=O)O. The lowest BCUT2D eigenvalue weighted by atomic mass is 9.95. The Kier molecular flexibility index (Phi) is 2.80. The number of aliphatic hydroxyl groups is 1. The molecule has 4 heteroatoms. The van der Waals surface area contributed by atoms with E-state index >= 15 is 0 Å². The number of aliphatic carboxylic acids is 1. The first-order valence-corrected chi connectivity index (χ1v) is 3.12. The van der Waals surface area contributed by atoms with E-state index in [2.05, 4.69) is 0 Å². The van der Waals surface area contributed by atoms with E-state index in [0.29, 0.717) is 6.42 Å². The Balaban J connectivity index is 4.17. The molecule has 0 heterocycles. The van der Waals surface area contributed by atoms with Gasteiger partial charge in [0, 0.05) is 0 Å². The first kappa shape index (κ1) is 9.39. The van der Waals surface area contributed by atoms with E-state index < -0.39 is 17.6 Å². The first-order valence-electron chi connectivity index (χ1n) is 3.12. The molecule has 0 saturated heterocycles. The van der Waals surface area contributed by atoms with Crippen LogP contribution in [-0.4, -0.2) is 27.8 Å². The highest BCUT2D eigenvalue weighted by Gasteiger charge is 2.32. The van der Waals surface area contributed by atoms with Crippen molar-refractivity contribution in [3.8, 4) is 0 Å². The van der Waals surface area contributed by atoms with Crippen LogP contribution in [0.1, 0.15) is 20.3 Å². The normalized spacial score (nSPS) is 19.6. The second-order valence-corrected chi connectivity index (χ2v) is 2.53. The Labute approximate surface area is 59.7 Å². The molecule has 0 amide bonds. The largest absolute Gasteiger partial charge is 0.480 e. The quantitative estimate of drug-likeness (QED) is 0.505. The monoisotopic (exact) mass is 147 g/mol. The summed E-state index contributed by atoms with van der Waals surface area (Å²) in [6.07, 6.45) is 0.334. The third kappa shape index (κ3) is 1.97. The van der Waals surface area contributed by atoms with Crippen molar-refractivity contribution in [2.75, 3.05) is 0 Å². The van der Waals surface area contributed by atoms with E-state index in [1.807, 2.05) is 0 Å². The summed E-state index contributed by atoms with van der Waals surface area (Å²) in [5.41, 5.74) is 3.86. The number of carboxylic acids is 1. The van der Waals surface area contributed by atoms with Gasteiger partial charge in [0.25, 0.3) is 0 Å². The minimum absolute atomic E-state index is 0.334. The van der Waals surface area contributed by atoms with Crippen LogP contribution in [0.4, 0.5) is 0 Å². The third-order valence-corrected chi connectivity index (χ3v) is 1.65. The Morgan fingerprint density at radius 2 is 2.20 bits per heavy atom. The maximum atomic E-state index is 10.2. The minimum atomic E-state index is -1.30. The Bertz CT molecular complexity index is 133. The van der Waals surface area contributed by atoms with Gasteiger partial charge in [-0.3, -0.25) is 4.79 Å². The third-order valence-electron chi connectivity index (χ3n) is 1.65. The number of nitrogens with two attached hydrogens (primary N) is 1. The molecule has 2 atom stereocenters. The van der Waals surface area contributed by atoms with Gasteiger partial charge in [-0.25, -0.2) is 0 Å². The van der Waals surface area contributed by atoms with Crippen LogP contribution in [0.15, 0.2) is 0 Å². The van der Waals surface area contributed by atoms with Crippen LogP contribution in [0.25, 0.3) is 0 Å². The predicted molar refractivity (Wildman–Crippen MR) is 36.5 cm³/mol. The fourth-order valence-corrected chi connectivity index (χ4v) is 0.486. The van der Waals surface area contributed by atoms with E-state index in [1.165, 1.54) is 6.92 Å². The molecule has 0 bridgehead atoms. The minimum Gasteiger partial charge on any atom is -0.480 e. The summed E-state index contributed by atoms with van der Waals surface area (Å²) in [4.78, 5) is 10.2. The first-order chi connectivity index (χ1) is 4.41. The van der Waals surface area contributed by atoms with Crippen LogP contribution in [-0.2, 0) is 4.79 Å². The second kappa shape index (κ2) is 2.98. The molecule has 4 N–H and O–H groups in total. The summed E-state index contributed by atoms with van der Waals surface area (Å²) in [5, 5.41) is 17.6. The molecule has 0 aromatic rings. The van der Waals surface area contributed by atoms with Gasteiger partial charge in [-0.1, -0.05) is 6.92 Å². The molecule has 0 radical (unpaired) electrons. The molecule has 0 aromatic heterocycles. The summed E-state index contributed by atoms with van der Waals surface area (Å²) in [7, 11) is 0. The molecule has 0 aliphatic rings. The smallest absolute Gasteiger partial charge is 0.323 e. The van der Waals surface area contributed by atoms with Crippen molar-refractivity contribution in [3.05, 3.63) is 0 Å². The fraction of sp³-hybridized carbons (Fsp3) is 0.833. The van der Waals surface area contributed by atoms with Gasteiger partial charge in [0.05, 0.1) is 5.60 Å². The molecule has 0 aliphatic heterocycles. The van der Waals surface area contributed by atoms with Gasteiger partial charge in [0.15, 0.2) is 0 Å². The molecule has 10 heavy (non-hydrogen) atoms. The van der Waals surface area contributed by atoms with Gasteiger partial charge < -0.3 is 15.9 Å². The highest BCUT2D eigenvalue weighted by Crippen LogP contribution is 2.11. The average molecular weight is 147 g/mol. The van der Waals surface area contributed by atoms with Crippen LogP contribution in [0.5, 0.6) is 0 Å². The van der Waals surface area contributed by atoms with Crippen LogP contribution in [0.3, 0.4) is 0 Å². The number of hydrogen-bond acceptors (Lipinski definition) is 3. The zero-order valence-electron chi connectivity index (χ0n) is 6.16. The maximum Gasteiger partial charge on any atom is 0.323 e. The van der Waals surface area contributed by atoms with Crippen LogP contribution in [0.2, 0.25) is 0 Å². The fourth-order valence-electron chi connectivity index (χ4n) is 0.486. The van der Waals surface area contributed by atoms with Crippen molar-refractivity contribution in [3.63, 3.8) is 0 Å². The molecule has 4 nitrogen and oxygen atoms in total. The van der Waals surface area contributed by atoms with Gasteiger partial charge in [0.2, 0.25) is 0 Å². The lowest BCUT2D eigenvalue weighted by Crippen LogP contribution is -2.50. The number of carboxylic acid groups (broad SMARTS) is 1. The van der Waals surface area contributed by atoms with Crippen molar-refractivity contribution in [2.24, 2.45) is 5.73 Å². The van der Waals surface area contributed by atoms with Crippen molar-refractivity contribution >= 4 is 5.97 Å². The van der Waals surface area contributed by atoms with E-state index in [1.54, 1.807) is 6.92 Å². The molecular formula is C6H13NO3. The van der Waals surface area contributed by atoms with Gasteiger partial charge in [-0.2, -0.15) is 0 Å². The van der Waals surface area contributed by atoms with Gasteiger partial charge in [-0.15, -0.1) is 0 Å². The zero-order chi connectivity index (χ0) is 8.36. The lowest BCUT2D eigenvalue weighted by Gasteiger charge is -2.24. The van der Waals surface area contributed by atoms with E-state index in [9.17, 15) is 9.90 Å². The average Bonchev–Trinajstić information content (AvgIpc) is 1.86. The summed E-state index contributed by atoms with van der Waals surface area (Å²) in [6.45, 7) is 3.09. The molecule has 60 valence electrons. The predicted octanol–water partition coefficient (Wildman–Crippen LogP) is -0.441. The molecule has 0 aromatic carbocycles. The Hall–Kier alpha value is -0.610. The number of hydrogen-bond donors (Lipinski definition) is 3. The molecular weight excluding hydrogens is 134 g/mol. The number of carbonyl (C=O) groups is 1. The van der Waals surface area contributed by atoms with E-state index in [-0.39, 0.29) is 0 Å². The second-order valence-electron chi connectivity index (χ2n) is 2.53. The molecule has 0 fully saturated rings. The standard InChI is InChI=1S/C6H13NO3/c1-3-6(2,10)4(7)5(8)9/h4,10H,3,7H2,1-2H3,(H,8,9)/t4-,6+/m1/s1. The van der Waals surface area contributed by atoms with Crippen LogP contribution < -0.4 is 5.73 Å². The highest BCUT2D eigenvalue weighted by molar-refractivity contribution is 5.74. The molecule has 0 aliphatic carbocycles. The summed E-state index contributed by atoms with van der Waals surface area (Å²) in [6, 6.07) is -1.20. The van der Waals surface area contributed by atoms with E-state index in [0.717, 1.165) is 0 Å². The summed E-state index contributed by atoms with van der Waals surface area (Å²) in [5.74, 6) is -1.17. The molecule has 0 saturated carbocycles. The Morgan fingerprint density at radius 1 is 1.80 bits per heavy atom.